The summed E-state index contributed by atoms with van der Waals surface area (Å²) < 4.78 is 4.35. The molecule has 0 radical (unpaired) electrons. The molecule has 1 rings (SSSR count). The van der Waals surface area contributed by atoms with Crippen molar-refractivity contribution >= 4 is 11.8 Å². The molecule has 0 aliphatic rings. The average Bonchev–Trinajstić information content (AvgIpc) is 2.26. The Hall–Kier alpha value is -2.06. The van der Waals surface area contributed by atoms with Crippen LogP contribution in [0.5, 0.6) is 0 Å². The zero-order valence-corrected chi connectivity index (χ0v) is 7.57. The van der Waals surface area contributed by atoms with E-state index in [2.05, 4.69) is 27.0 Å². The second-order valence-corrected chi connectivity index (χ2v) is 2.29. The molecule has 5 nitrogen and oxygen atoms in total. The number of hydrazine groups is 1. The summed E-state index contributed by atoms with van der Waals surface area (Å²) in [5, 5.41) is 0. The first-order chi connectivity index (χ1) is 6.76. The van der Waals surface area contributed by atoms with Crippen LogP contribution in [0.3, 0.4) is 0 Å². The van der Waals surface area contributed by atoms with Crippen molar-refractivity contribution in [2.75, 3.05) is 12.5 Å². The van der Waals surface area contributed by atoms with Crippen molar-refractivity contribution in [2.24, 2.45) is 5.84 Å². The molecular weight excluding hydrogens is 182 g/mol. The molecule has 0 spiro atoms. The molecule has 0 atom stereocenters. The Morgan fingerprint density at radius 3 is 3.07 bits per heavy atom. The number of rotatable bonds is 1. The highest BCUT2D eigenvalue weighted by Gasteiger charge is 1.93. The van der Waals surface area contributed by atoms with Crippen molar-refractivity contribution in [3.63, 3.8) is 0 Å². The number of carbonyl (C=O) groups is 1. The summed E-state index contributed by atoms with van der Waals surface area (Å²) in [5.41, 5.74) is 2.82. The van der Waals surface area contributed by atoms with Gasteiger partial charge in [-0.2, -0.15) is 0 Å². The summed E-state index contributed by atoms with van der Waals surface area (Å²) in [5.74, 6) is 9.83. The minimum absolute atomic E-state index is 0.450. The first kappa shape index (κ1) is 10.0. The van der Waals surface area contributed by atoms with Crippen LogP contribution in [0.4, 0.5) is 5.82 Å². The molecule has 0 saturated carbocycles. The molecule has 0 aliphatic carbocycles. The van der Waals surface area contributed by atoms with E-state index in [0.29, 0.717) is 11.5 Å². The number of hydrogen-bond acceptors (Lipinski definition) is 5. The maximum Gasteiger partial charge on any atom is 0.384 e. The van der Waals surface area contributed by atoms with E-state index in [1.807, 2.05) is 0 Å². The Bertz CT molecular complexity index is 393. The minimum atomic E-state index is -0.599. The number of nitrogens with one attached hydrogen (secondary N) is 1. The van der Waals surface area contributed by atoms with Gasteiger partial charge in [-0.1, -0.05) is 6.07 Å². The number of hydrogen-bond donors (Lipinski definition) is 2. The monoisotopic (exact) mass is 191 g/mol. The highest BCUT2D eigenvalue weighted by atomic mass is 16.5. The van der Waals surface area contributed by atoms with Gasteiger partial charge in [0.2, 0.25) is 0 Å². The van der Waals surface area contributed by atoms with Crippen molar-refractivity contribution in [1.29, 1.82) is 0 Å². The molecule has 1 heterocycles. The highest BCUT2D eigenvalue weighted by Crippen LogP contribution is 2.01. The number of aromatic nitrogens is 1. The van der Waals surface area contributed by atoms with Crippen LogP contribution in [0.15, 0.2) is 18.2 Å². The molecule has 1 aromatic rings. The lowest BCUT2D eigenvalue weighted by Gasteiger charge is -1.96. The van der Waals surface area contributed by atoms with Crippen LogP contribution in [-0.2, 0) is 9.53 Å². The molecule has 0 saturated heterocycles. The highest BCUT2D eigenvalue weighted by molar-refractivity contribution is 5.88. The van der Waals surface area contributed by atoms with E-state index in [4.69, 9.17) is 5.84 Å². The SMILES string of the molecule is COC(=O)C#Cc1cccc(NN)n1. The topological polar surface area (TPSA) is 77.2 Å². The van der Waals surface area contributed by atoms with E-state index in [-0.39, 0.29) is 0 Å². The third-order valence-corrected chi connectivity index (χ3v) is 1.38. The zero-order valence-electron chi connectivity index (χ0n) is 7.57. The maximum absolute atomic E-state index is 10.7. The van der Waals surface area contributed by atoms with Gasteiger partial charge in [-0.15, -0.1) is 0 Å². The van der Waals surface area contributed by atoms with E-state index in [0.717, 1.165) is 0 Å². The number of anilines is 1. The molecule has 3 N–H and O–H groups in total. The van der Waals surface area contributed by atoms with E-state index >= 15 is 0 Å². The summed E-state index contributed by atoms with van der Waals surface area (Å²) in [6.45, 7) is 0. The van der Waals surface area contributed by atoms with Crippen LogP contribution in [-0.4, -0.2) is 18.1 Å². The predicted octanol–water partition coefficient (Wildman–Crippen LogP) is -0.108. The van der Waals surface area contributed by atoms with Gasteiger partial charge < -0.3 is 10.2 Å². The molecule has 1 aromatic heterocycles. The van der Waals surface area contributed by atoms with E-state index < -0.39 is 5.97 Å². The summed E-state index contributed by atoms with van der Waals surface area (Å²) in [4.78, 5) is 14.7. The second kappa shape index (κ2) is 4.84. The largest absolute Gasteiger partial charge is 0.459 e. The Morgan fingerprint density at radius 1 is 1.64 bits per heavy atom. The normalized spacial score (nSPS) is 8.43. The Balaban J connectivity index is 2.84. The molecule has 0 amide bonds. The van der Waals surface area contributed by atoms with Gasteiger partial charge in [-0.05, 0) is 18.1 Å². The van der Waals surface area contributed by atoms with E-state index in [1.54, 1.807) is 18.2 Å². The number of nitrogens with two attached hydrogens (primary N) is 1. The van der Waals surface area contributed by atoms with Crippen molar-refractivity contribution < 1.29 is 9.53 Å². The van der Waals surface area contributed by atoms with Crippen molar-refractivity contribution in [1.82, 2.24) is 4.98 Å². The first-order valence-electron chi connectivity index (χ1n) is 3.80. The number of nitrogens with zero attached hydrogens (tertiary/aromatic N) is 1. The van der Waals surface area contributed by atoms with Crippen LogP contribution in [0.2, 0.25) is 0 Å². The van der Waals surface area contributed by atoms with Crippen molar-refractivity contribution in [2.45, 2.75) is 0 Å². The standard InChI is InChI=1S/C9H9N3O2/c1-14-9(13)6-5-7-3-2-4-8(11-7)12-10/h2-4H,10H2,1H3,(H,11,12). The predicted molar refractivity (Wildman–Crippen MR) is 50.9 cm³/mol. The molecule has 72 valence electrons. The lowest BCUT2D eigenvalue weighted by molar-refractivity contribution is -0.133. The number of carbonyl (C=O) groups excluding carboxylic acids is 1. The van der Waals surface area contributed by atoms with Crippen LogP contribution >= 0.6 is 0 Å². The Kier molecular flexibility index (Phi) is 3.47. The van der Waals surface area contributed by atoms with Crippen LogP contribution in [0.1, 0.15) is 5.69 Å². The van der Waals surface area contributed by atoms with Crippen molar-refractivity contribution in [3.05, 3.63) is 23.9 Å². The average molecular weight is 191 g/mol. The number of esters is 1. The Morgan fingerprint density at radius 2 is 2.43 bits per heavy atom. The lowest BCUT2D eigenvalue weighted by Crippen LogP contribution is -2.08. The van der Waals surface area contributed by atoms with Crippen LogP contribution in [0.25, 0.3) is 0 Å². The molecule has 5 heteroatoms. The Labute approximate surface area is 81.2 Å². The van der Waals surface area contributed by atoms with Gasteiger partial charge in [-0.25, -0.2) is 15.6 Å². The number of nitrogen functional groups attached to an aromatic ring is 1. The number of methoxy groups -OCH3 is 1. The van der Waals surface area contributed by atoms with Crippen LogP contribution in [0, 0.1) is 11.8 Å². The van der Waals surface area contributed by atoms with Crippen molar-refractivity contribution in [3.8, 4) is 11.8 Å². The van der Waals surface area contributed by atoms with Gasteiger partial charge >= 0.3 is 5.97 Å². The number of pyridine rings is 1. The van der Waals surface area contributed by atoms with Gasteiger partial charge in [0.05, 0.1) is 7.11 Å². The fourth-order valence-electron chi connectivity index (χ4n) is 0.751. The van der Waals surface area contributed by atoms with Gasteiger partial charge in [0, 0.05) is 5.92 Å². The van der Waals surface area contributed by atoms with E-state index in [1.165, 1.54) is 7.11 Å². The van der Waals surface area contributed by atoms with Gasteiger partial charge in [-0.3, -0.25) is 0 Å². The minimum Gasteiger partial charge on any atom is -0.459 e. The molecule has 0 aromatic carbocycles. The molecule has 0 fully saturated rings. The fraction of sp³-hybridized carbons (Fsp3) is 0.111. The summed E-state index contributed by atoms with van der Waals surface area (Å²) in [6.07, 6.45) is 0. The first-order valence-corrected chi connectivity index (χ1v) is 3.80. The van der Waals surface area contributed by atoms with Gasteiger partial charge in [0.1, 0.15) is 11.5 Å². The summed E-state index contributed by atoms with van der Waals surface area (Å²) in [7, 11) is 1.27. The molecular formula is C9H9N3O2. The molecule has 0 bridgehead atoms. The van der Waals surface area contributed by atoms with Gasteiger partial charge in [0.15, 0.2) is 0 Å². The summed E-state index contributed by atoms with van der Waals surface area (Å²) in [6, 6.07) is 5.07. The second-order valence-electron chi connectivity index (χ2n) is 2.29. The van der Waals surface area contributed by atoms with Crippen LogP contribution < -0.4 is 11.3 Å². The third-order valence-electron chi connectivity index (χ3n) is 1.38. The van der Waals surface area contributed by atoms with E-state index in [9.17, 15) is 4.79 Å². The molecule has 0 aliphatic heterocycles. The molecule has 14 heavy (non-hydrogen) atoms. The fourth-order valence-corrected chi connectivity index (χ4v) is 0.751. The maximum atomic E-state index is 10.7. The summed E-state index contributed by atoms with van der Waals surface area (Å²) >= 11 is 0. The van der Waals surface area contributed by atoms with Gasteiger partial charge in [0.25, 0.3) is 0 Å². The smallest absolute Gasteiger partial charge is 0.384 e. The third kappa shape index (κ3) is 2.77. The quantitative estimate of drug-likeness (QED) is 0.280. The molecule has 0 unspecified atom stereocenters. The zero-order chi connectivity index (χ0) is 10.4. The number of ether oxygens (including phenoxy) is 1. The lowest BCUT2D eigenvalue weighted by atomic mass is 10.3.